The number of hydrogen-bond acceptors (Lipinski definition) is 5. The topological polar surface area (TPSA) is 92.8 Å². The van der Waals surface area contributed by atoms with Gasteiger partial charge in [-0.15, -0.1) is 0 Å². The third kappa shape index (κ3) is 5.21. The molecule has 1 atom stereocenters. The molecule has 0 aliphatic carbocycles. The molecule has 0 bridgehead atoms. The van der Waals surface area contributed by atoms with Crippen LogP contribution in [-0.4, -0.2) is 44.3 Å². The maximum Gasteiger partial charge on any atom is 0.338 e. The van der Waals surface area contributed by atoms with E-state index in [1.165, 1.54) is 28.6 Å². The monoisotopic (exact) mass is 416 g/mol. The van der Waals surface area contributed by atoms with Gasteiger partial charge in [0.2, 0.25) is 10.0 Å². The minimum atomic E-state index is -3.63. The molecule has 29 heavy (non-hydrogen) atoms. The van der Waals surface area contributed by atoms with E-state index in [4.69, 9.17) is 4.74 Å². The summed E-state index contributed by atoms with van der Waals surface area (Å²) in [7, 11) is -3.63. The van der Waals surface area contributed by atoms with Crippen molar-refractivity contribution in [3.8, 4) is 0 Å². The first-order chi connectivity index (χ1) is 13.9. The molecule has 0 aromatic heterocycles. The van der Waals surface area contributed by atoms with Crippen molar-refractivity contribution >= 4 is 21.9 Å². The summed E-state index contributed by atoms with van der Waals surface area (Å²) >= 11 is 0. The van der Waals surface area contributed by atoms with Gasteiger partial charge in [0.25, 0.3) is 5.91 Å². The average molecular weight is 416 g/mol. The van der Waals surface area contributed by atoms with Gasteiger partial charge in [-0.05, 0) is 43.5 Å². The van der Waals surface area contributed by atoms with E-state index in [1.54, 1.807) is 0 Å². The van der Waals surface area contributed by atoms with Gasteiger partial charge < -0.3 is 10.1 Å². The van der Waals surface area contributed by atoms with E-state index >= 15 is 0 Å². The van der Waals surface area contributed by atoms with Crippen LogP contribution in [0.15, 0.2) is 59.5 Å². The summed E-state index contributed by atoms with van der Waals surface area (Å²) in [5.41, 5.74) is 1.03. The molecule has 1 aliphatic rings. The Balaban J connectivity index is 1.59. The number of nitrogens with zero attached hydrogens (tertiary/aromatic N) is 1. The lowest BCUT2D eigenvalue weighted by Crippen LogP contribution is -2.31. The van der Waals surface area contributed by atoms with Crippen LogP contribution in [0.25, 0.3) is 0 Å². The molecule has 1 aliphatic heterocycles. The first-order valence-corrected chi connectivity index (χ1v) is 10.9. The number of carbonyl (C=O) groups is 2. The molecule has 0 saturated carbocycles. The molecule has 8 heteroatoms. The number of rotatable bonds is 7. The third-order valence-electron chi connectivity index (χ3n) is 4.78. The van der Waals surface area contributed by atoms with Crippen LogP contribution in [0.1, 0.15) is 41.7 Å². The molecule has 7 nitrogen and oxygen atoms in total. The molecule has 1 N–H and O–H groups in total. The van der Waals surface area contributed by atoms with Gasteiger partial charge in [-0.1, -0.05) is 36.4 Å². The second kappa shape index (κ2) is 9.19. The van der Waals surface area contributed by atoms with Crippen molar-refractivity contribution in [2.75, 3.05) is 19.7 Å². The van der Waals surface area contributed by atoms with Gasteiger partial charge in [-0.25, -0.2) is 13.2 Å². The Morgan fingerprint density at radius 1 is 1.07 bits per heavy atom. The number of sulfonamides is 1. The lowest BCUT2D eigenvalue weighted by molar-refractivity contribution is -0.124. The van der Waals surface area contributed by atoms with Crippen LogP contribution in [0, 0.1) is 0 Å². The standard InChI is InChI=1S/C21H24N2O5S/c1-16(17-8-3-2-4-9-17)22-20(24)15-28-21(25)18-10-7-11-19(14-18)29(26,27)23-12-5-6-13-23/h2-4,7-11,14,16H,5-6,12-13,15H2,1H3,(H,22,24)/t16-/m1/s1. The summed E-state index contributed by atoms with van der Waals surface area (Å²) in [6.45, 7) is 2.36. The number of ether oxygens (including phenoxy) is 1. The zero-order valence-electron chi connectivity index (χ0n) is 16.2. The Bertz CT molecular complexity index is 970. The van der Waals surface area contributed by atoms with Gasteiger partial charge in [-0.3, -0.25) is 4.79 Å². The number of esters is 1. The van der Waals surface area contributed by atoms with Crippen molar-refractivity contribution in [1.82, 2.24) is 9.62 Å². The lowest BCUT2D eigenvalue weighted by atomic mass is 10.1. The van der Waals surface area contributed by atoms with Crippen LogP contribution in [0.3, 0.4) is 0 Å². The van der Waals surface area contributed by atoms with Crippen molar-refractivity contribution in [2.24, 2.45) is 0 Å². The Hall–Kier alpha value is -2.71. The molecule has 0 radical (unpaired) electrons. The number of amides is 1. The molecule has 2 aromatic carbocycles. The first kappa shape index (κ1) is 21.0. The highest BCUT2D eigenvalue weighted by Crippen LogP contribution is 2.21. The molecule has 1 heterocycles. The van der Waals surface area contributed by atoms with E-state index < -0.39 is 28.5 Å². The molecule has 1 saturated heterocycles. The molecule has 0 spiro atoms. The fourth-order valence-corrected chi connectivity index (χ4v) is 4.75. The molecular formula is C21H24N2O5S. The smallest absolute Gasteiger partial charge is 0.338 e. The van der Waals surface area contributed by atoms with Crippen LogP contribution >= 0.6 is 0 Å². The normalized spacial score (nSPS) is 15.6. The van der Waals surface area contributed by atoms with Crippen LogP contribution in [-0.2, 0) is 19.6 Å². The average Bonchev–Trinajstić information content (AvgIpc) is 3.28. The second-order valence-electron chi connectivity index (χ2n) is 6.92. The minimum absolute atomic E-state index is 0.0519. The van der Waals surface area contributed by atoms with Gasteiger partial charge >= 0.3 is 5.97 Å². The van der Waals surface area contributed by atoms with Crippen molar-refractivity contribution < 1.29 is 22.7 Å². The zero-order valence-corrected chi connectivity index (χ0v) is 17.0. The second-order valence-corrected chi connectivity index (χ2v) is 8.85. The molecule has 1 amide bonds. The highest BCUT2D eigenvalue weighted by Gasteiger charge is 2.27. The maximum absolute atomic E-state index is 12.6. The number of benzene rings is 2. The molecule has 2 aromatic rings. The quantitative estimate of drug-likeness (QED) is 0.700. The Morgan fingerprint density at radius 2 is 1.76 bits per heavy atom. The van der Waals surface area contributed by atoms with Crippen molar-refractivity contribution in [1.29, 1.82) is 0 Å². The Morgan fingerprint density at radius 3 is 2.45 bits per heavy atom. The van der Waals surface area contributed by atoms with Gasteiger partial charge in [0.15, 0.2) is 6.61 Å². The largest absolute Gasteiger partial charge is 0.452 e. The molecule has 1 fully saturated rings. The highest BCUT2D eigenvalue weighted by atomic mass is 32.2. The van der Waals surface area contributed by atoms with E-state index in [2.05, 4.69) is 5.32 Å². The van der Waals surface area contributed by atoms with Crippen LogP contribution < -0.4 is 5.32 Å². The lowest BCUT2D eigenvalue weighted by Gasteiger charge is -2.16. The zero-order chi connectivity index (χ0) is 20.9. The molecule has 3 rings (SSSR count). The van der Waals surface area contributed by atoms with E-state index in [0.717, 1.165) is 18.4 Å². The number of hydrogen-bond donors (Lipinski definition) is 1. The van der Waals surface area contributed by atoms with Gasteiger partial charge in [0, 0.05) is 13.1 Å². The van der Waals surface area contributed by atoms with E-state index in [9.17, 15) is 18.0 Å². The molecule has 154 valence electrons. The van der Waals surface area contributed by atoms with Crippen LogP contribution in [0.4, 0.5) is 0 Å². The molecule has 0 unspecified atom stereocenters. The highest BCUT2D eigenvalue weighted by molar-refractivity contribution is 7.89. The molecular weight excluding hydrogens is 392 g/mol. The number of carbonyl (C=O) groups excluding carboxylic acids is 2. The van der Waals surface area contributed by atoms with E-state index in [0.29, 0.717) is 13.1 Å². The summed E-state index contributed by atoms with van der Waals surface area (Å²) < 4.78 is 31.8. The summed E-state index contributed by atoms with van der Waals surface area (Å²) in [6, 6.07) is 14.9. The number of nitrogens with one attached hydrogen (secondary N) is 1. The fourth-order valence-electron chi connectivity index (χ4n) is 3.18. The van der Waals surface area contributed by atoms with Crippen LogP contribution in [0.5, 0.6) is 0 Å². The SMILES string of the molecule is C[C@@H](NC(=O)COC(=O)c1cccc(S(=O)(=O)N2CCCC2)c1)c1ccccc1. The van der Waals surface area contributed by atoms with E-state index in [-0.39, 0.29) is 16.5 Å². The third-order valence-corrected chi connectivity index (χ3v) is 6.68. The Kier molecular flexibility index (Phi) is 6.66. The van der Waals surface area contributed by atoms with Crippen molar-refractivity contribution in [3.63, 3.8) is 0 Å². The van der Waals surface area contributed by atoms with Gasteiger partial charge in [-0.2, -0.15) is 4.31 Å². The predicted octanol–water partition coefficient (Wildman–Crippen LogP) is 2.51. The predicted molar refractivity (Wildman–Crippen MR) is 108 cm³/mol. The summed E-state index contributed by atoms with van der Waals surface area (Å²) in [4.78, 5) is 24.4. The van der Waals surface area contributed by atoms with Crippen molar-refractivity contribution in [2.45, 2.75) is 30.7 Å². The summed E-state index contributed by atoms with van der Waals surface area (Å²) in [6.07, 6.45) is 1.66. The van der Waals surface area contributed by atoms with Crippen LogP contribution in [0.2, 0.25) is 0 Å². The Labute approximate surface area is 170 Å². The summed E-state index contributed by atoms with van der Waals surface area (Å²) in [5, 5.41) is 2.76. The fraction of sp³-hybridized carbons (Fsp3) is 0.333. The summed E-state index contributed by atoms with van der Waals surface area (Å²) in [5.74, 6) is -1.18. The van der Waals surface area contributed by atoms with Gasteiger partial charge in [0.05, 0.1) is 16.5 Å². The van der Waals surface area contributed by atoms with E-state index in [1.807, 2.05) is 37.3 Å². The van der Waals surface area contributed by atoms with Crippen molar-refractivity contribution in [3.05, 3.63) is 65.7 Å². The van der Waals surface area contributed by atoms with Gasteiger partial charge in [0.1, 0.15) is 0 Å². The maximum atomic E-state index is 12.6. The first-order valence-electron chi connectivity index (χ1n) is 9.49. The minimum Gasteiger partial charge on any atom is -0.452 e.